The number of ether oxygens (including phenoxy) is 1. The largest absolute Gasteiger partial charge is 0.452 e. The molecular weight excluding hydrogens is 424 g/mol. The van der Waals surface area contributed by atoms with Crippen molar-refractivity contribution in [2.45, 2.75) is 13.8 Å². The molecule has 2 N–H and O–H groups in total. The minimum Gasteiger partial charge on any atom is -0.452 e. The number of nitrogens with one attached hydrogen (secondary N) is 2. The lowest BCUT2D eigenvalue weighted by Gasteiger charge is -2.11. The lowest BCUT2D eigenvalue weighted by molar-refractivity contribution is -0.119. The van der Waals surface area contributed by atoms with Crippen LogP contribution in [0.1, 0.15) is 22.8 Å². The zero-order chi connectivity index (χ0) is 19.3. The summed E-state index contributed by atoms with van der Waals surface area (Å²) in [5.41, 5.74) is 2.08. The molecule has 0 atom stereocenters. The standard InChI is InChI=1S/C18H16BrClN2O4/c1-10-15(8-7-14(19)17(10)20)22-16(24)9-26-18(25)12-3-5-13(6-4-12)21-11(2)23/h3-8H,9H2,1-2H3,(H,21,23)(H,22,24). The van der Waals surface area contributed by atoms with Crippen LogP contribution >= 0.6 is 27.5 Å². The molecule has 0 spiro atoms. The van der Waals surface area contributed by atoms with Gasteiger partial charge in [0.25, 0.3) is 5.91 Å². The van der Waals surface area contributed by atoms with Crippen LogP contribution in [0.4, 0.5) is 11.4 Å². The van der Waals surface area contributed by atoms with Gasteiger partial charge in [-0.2, -0.15) is 0 Å². The normalized spacial score (nSPS) is 10.2. The maximum Gasteiger partial charge on any atom is 0.338 e. The number of halogens is 2. The Balaban J connectivity index is 1.91. The van der Waals surface area contributed by atoms with E-state index < -0.39 is 18.5 Å². The van der Waals surface area contributed by atoms with E-state index in [1.54, 1.807) is 31.2 Å². The quantitative estimate of drug-likeness (QED) is 0.685. The summed E-state index contributed by atoms with van der Waals surface area (Å²) in [4.78, 5) is 34.9. The number of anilines is 2. The highest BCUT2D eigenvalue weighted by Gasteiger charge is 2.13. The molecule has 136 valence electrons. The summed E-state index contributed by atoms with van der Waals surface area (Å²) in [6, 6.07) is 9.57. The minimum absolute atomic E-state index is 0.208. The first kappa shape index (κ1) is 19.9. The number of carbonyl (C=O) groups excluding carboxylic acids is 3. The zero-order valence-electron chi connectivity index (χ0n) is 14.1. The van der Waals surface area contributed by atoms with Gasteiger partial charge in [0, 0.05) is 22.8 Å². The molecule has 0 radical (unpaired) electrons. The van der Waals surface area contributed by atoms with Gasteiger partial charge in [0.2, 0.25) is 5.91 Å². The molecule has 2 aromatic rings. The fraction of sp³-hybridized carbons (Fsp3) is 0.167. The Morgan fingerprint density at radius 3 is 2.35 bits per heavy atom. The van der Waals surface area contributed by atoms with Crippen LogP contribution in [-0.4, -0.2) is 24.4 Å². The van der Waals surface area contributed by atoms with E-state index in [4.69, 9.17) is 16.3 Å². The molecule has 0 unspecified atom stereocenters. The van der Waals surface area contributed by atoms with E-state index >= 15 is 0 Å². The lowest BCUT2D eigenvalue weighted by Crippen LogP contribution is -2.21. The van der Waals surface area contributed by atoms with Crippen molar-refractivity contribution in [1.29, 1.82) is 0 Å². The number of hydrogen-bond donors (Lipinski definition) is 2. The van der Waals surface area contributed by atoms with Gasteiger partial charge in [0.05, 0.1) is 10.6 Å². The molecule has 0 aromatic heterocycles. The van der Waals surface area contributed by atoms with E-state index in [1.807, 2.05) is 0 Å². The van der Waals surface area contributed by atoms with E-state index in [0.717, 1.165) is 4.47 Å². The highest BCUT2D eigenvalue weighted by Crippen LogP contribution is 2.30. The Morgan fingerprint density at radius 1 is 1.08 bits per heavy atom. The number of amides is 2. The number of carbonyl (C=O) groups is 3. The van der Waals surface area contributed by atoms with Gasteiger partial charge in [-0.3, -0.25) is 9.59 Å². The second-order valence-electron chi connectivity index (χ2n) is 5.42. The molecule has 0 aliphatic heterocycles. The van der Waals surface area contributed by atoms with E-state index in [1.165, 1.54) is 19.1 Å². The number of benzene rings is 2. The number of rotatable bonds is 5. The molecule has 0 saturated heterocycles. The molecule has 0 aliphatic rings. The van der Waals surface area contributed by atoms with E-state index in [2.05, 4.69) is 26.6 Å². The summed E-state index contributed by atoms with van der Waals surface area (Å²) in [5.74, 6) is -1.32. The summed E-state index contributed by atoms with van der Waals surface area (Å²) in [7, 11) is 0. The minimum atomic E-state index is -0.639. The maximum atomic E-state index is 12.0. The van der Waals surface area contributed by atoms with E-state index in [0.29, 0.717) is 22.0 Å². The highest BCUT2D eigenvalue weighted by molar-refractivity contribution is 9.10. The third-order valence-corrected chi connectivity index (χ3v) is 4.76. The topological polar surface area (TPSA) is 84.5 Å². The highest BCUT2D eigenvalue weighted by atomic mass is 79.9. The molecule has 2 aromatic carbocycles. The molecule has 8 heteroatoms. The summed E-state index contributed by atoms with van der Waals surface area (Å²) < 4.78 is 5.72. The van der Waals surface area contributed by atoms with Crippen molar-refractivity contribution in [2.24, 2.45) is 0 Å². The van der Waals surface area contributed by atoms with Crippen LogP contribution in [0.5, 0.6) is 0 Å². The van der Waals surface area contributed by atoms with Crippen LogP contribution in [0.25, 0.3) is 0 Å². The molecule has 2 amide bonds. The van der Waals surface area contributed by atoms with Gasteiger partial charge in [0.15, 0.2) is 6.61 Å². The molecule has 0 saturated carbocycles. The van der Waals surface area contributed by atoms with Crippen LogP contribution in [0.15, 0.2) is 40.9 Å². The van der Waals surface area contributed by atoms with Crippen molar-refractivity contribution in [3.05, 3.63) is 57.0 Å². The molecule has 6 nitrogen and oxygen atoms in total. The first-order valence-electron chi connectivity index (χ1n) is 7.57. The fourth-order valence-corrected chi connectivity index (χ4v) is 2.68. The van der Waals surface area contributed by atoms with Gasteiger partial charge in [-0.15, -0.1) is 0 Å². The van der Waals surface area contributed by atoms with Gasteiger partial charge < -0.3 is 15.4 Å². The van der Waals surface area contributed by atoms with Crippen molar-refractivity contribution in [2.75, 3.05) is 17.2 Å². The van der Waals surface area contributed by atoms with E-state index in [-0.39, 0.29) is 11.5 Å². The second kappa shape index (κ2) is 8.82. The van der Waals surface area contributed by atoms with Gasteiger partial charge >= 0.3 is 5.97 Å². The van der Waals surface area contributed by atoms with Crippen LogP contribution in [0.2, 0.25) is 5.02 Å². The van der Waals surface area contributed by atoms with Crippen molar-refractivity contribution in [3.8, 4) is 0 Å². The van der Waals surface area contributed by atoms with E-state index in [9.17, 15) is 14.4 Å². The van der Waals surface area contributed by atoms with Crippen LogP contribution in [0, 0.1) is 6.92 Å². The predicted molar refractivity (Wildman–Crippen MR) is 104 cm³/mol. The van der Waals surface area contributed by atoms with Gasteiger partial charge in [0.1, 0.15) is 0 Å². The SMILES string of the molecule is CC(=O)Nc1ccc(C(=O)OCC(=O)Nc2ccc(Br)c(Cl)c2C)cc1. The third-order valence-electron chi connectivity index (χ3n) is 3.39. The summed E-state index contributed by atoms with van der Waals surface area (Å²) in [5, 5.41) is 5.74. The number of hydrogen-bond acceptors (Lipinski definition) is 4. The monoisotopic (exact) mass is 438 g/mol. The van der Waals surface area contributed by atoms with Gasteiger partial charge in [-0.05, 0) is 64.8 Å². The van der Waals surface area contributed by atoms with Crippen molar-refractivity contribution >= 4 is 56.7 Å². The molecule has 26 heavy (non-hydrogen) atoms. The van der Waals surface area contributed by atoms with Crippen LogP contribution < -0.4 is 10.6 Å². The molecular formula is C18H16BrClN2O4. The fourth-order valence-electron chi connectivity index (χ4n) is 2.08. The Labute approximate surface area is 164 Å². The Bertz CT molecular complexity index is 853. The Kier molecular flexibility index (Phi) is 6.76. The van der Waals surface area contributed by atoms with Gasteiger partial charge in [-0.25, -0.2) is 4.79 Å². The molecule has 2 rings (SSSR count). The zero-order valence-corrected chi connectivity index (χ0v) is 16.4. The molecule has 0 bridgehead atoms. The third kappa shape index (κ3) is 5.31. The smallest absolute Gasteiger partial charge is 0.338 e. The first-order chi connectivity index (χ1) is 12.3. The Morgan fingerprint density at radius 2 is 1.73 bits per heavy atom. The average molecular weight is 440 g/mol. The lowest BCUT2D eigenvalue weighted by atomic mass is 10.2. The summed E-state index contributed by atoms with van der Waals surface area (Å²) in [6.07, 6.45) is 0. The Hall–Kier alpha value is -2.38. The van der Waals surface area contributed by atoms with Crippen molar-refractivity contribution in [1.82, 2.24) is 0 Å². The first-order valence-corrected chi connectivity index (χ1v) is 8.74. The molecule has 0 heterocycles. The van der Waals surface area contributed by atoms with Crippen LogP contribution in [-0.2, 0) is 14.3 Å². The van der Waals surface area contributed by atoms with Crippen LogP contribution in [0.3, 0.4) is 0 Å². The van der Waals surface area contributed by atoms with Gasteiger partial charge in [-0.1, -0.05) is 11.6 Å². The predicted octanol–water partition coefficient (Wildman–Crippen LogP) is 4.16. The van der Waals surface area contributed by atoms with Crippen molar-refractivity contribution in [3.63, 3.8) is 0 Å². The average Bonchev–Trinajstić information content (AvgIpc) is 2.60. The molecule has 0 aliphatic carbocycles. The second-order valence-corrected chi connectivity index (χ2v) is 6.65. The summed E-state index contributed by atoms with van der Waals surface area (Å²) in [6.45, 7) is 2.73. The summed E-state index contributed by atoms with van der Waals surface area (Å²) >= 11 is 9.41. The maximum absolute atomic E-state index is 12.0. The number of esters is 1. The van der Waals surface area contributed by atoms with Crippen molar-refractivity contribution < 1.29 is 19.1 Å². The molecule has 0 fully saturated rings.